The molecule has 110 valence electrons. The Morgan fingerprint density at radius 2 is 2.00 bits per heavy atom. The summed E-state index contributed by atoms with van der Waals surface area (Å²) in [5.41, 5.74) is 7.97. The molecule has 0 spiro atoms. The number of ether oxygens (including phenoxy) is 1. The van der Waals surface area contributed by atoms with Gasteiger partial charge in [-0.1, -0.05) is 25.1 Å². The smallest absolute Gasteiger partial charge is 0.251 e. The molecule has 0 bridgehead atoms. The minimum Gasteiger partial charge on any atom is -0.494 e. The molecule has 0 aromatic heterocycles. The predicted molar refractivity (Wildman–Crippen MR) is 84.3 cm³/mol. The Morgan fingerprint density at radius 3 is 2.76 bits per heavy atom. The number of carbonyl (C=O) groups is 1. The van der Waals surface area contributed by atoms with E-state index in [0.717, 1.165) is 12.0 Å². The molecular formula is C17H20N2O2. The first-order valence-corrected chi connectivity index (χ1v) is 7.04. The van der Waals surface area contributed by atoms with Crippen molar-refractivity contribution in [1.82, 2.24) is 5.32 Å². The fourth-order valence-electron chi connectivity index (χ4n) is 1.93. The fraction of sp³-hybridized carbons (Fsp3) is 0.235. The molecule has 21 heavy (non-hydrogen) atoms. The second-order valence-corrected chi connectivity index (χ2v) is 4.80. The van der Waals surface area contributed by atoms with E-state index >= 15 is 0 Å². The second kappa shape index (κ2) is 7.33. The average Bonchev–Trinajstić information content (AvgIpc) is 2.51. The average molecular weight is 284 g/mol. The van der Waals surface area contributed by atoms with Crippen LogP contribution in [0.2, 0.25) is 0 Å². The van der Waals surface area contributed by atoms with Crippen molar-refractivity contribution in [2.24, 2.45) is 0 Å². The number of rotatable bonds is 6. The van der Waals surface area contributed by atoms with Crippen LogP contribution in [0.25, 0.3) is 0 Å². The first-order valence-electron chi connectivity index (χ1n) is 7.04. The Labute approximate surface area is 124 Å². The first-order chi connectivity index (χ1) is 10.2. The fourth-order valence-corrected chi connectivity index (χ4v) is 1.93. The van der Waals surface area contributed by atoms with Gasteiger partial charge >= 0.3 is 0 Å². The van der Waals surface area contributed by atoms with Crippen molar-refractivity contribution in [2.75, 3.05) is 12.3 Å². The molecule has 4 heteroatoms. The van der Waals surface area contributed by atoms with Crippen LogP contribution in [0.5, 0.6) is 5.75 Å². The minimum atomic E-state index is -0.126. The maximum absolute atomic E-state index is 12.1. The van der Waals surface area contributed by atoms with Crippen molar-refractivity contribution in [3.63, 3.8) is 0 Å². The highest BCUT2D eigenvalue weighted by molar-refractivity contribution is 5.94. The number of nitrogen functional groups attached to an aromatic ring is 1. The summed E-state index contributed by atoms with van der Waals surface area (Å²) in [7, 11) is 0. The van der Waals surface area contributed by atoms with Gasteiger partial charge in [-0.2, -0.15) is 0 Å². The van der Waals surface area contributed by atoms with E-state index in [2.05, 4.69) is 5.32 Å². The molecule has 0 aliphatic carbocycles. The van der Waals surface area contributed by atoms with Gasteiger partial charge in [0, 0.05) is 17.8 Å². The largest absolute Gasteiger partial charge is 0.494 e. The Hall–Kier alpha value is -2.49. The lowest BCUT2D eigenvalue weighted by Crippen LogP contribution is -2.22. The van der Waals surface area contributed by atoms with E-state index in [0.29, 0.717) is 30.2 Å². The van der Waals surface area contributed by atoms with Gasteiger partial charge < -0.3 is 15.8 Å². The van der Waals surface area contributed by atoms with Gasteiger partial charge in [0.2, 0.25) is 0 Å². The van der Waals surface area contributed by atoms with E-state index in [9.17, 15) is 4.79 Å². The molecule has 0 aliphatic heterocycles. The van der Waals surface area contributed by atoms with E-state index in [1.807, 2.05) is 43.3 Å². The summed E-state index contributed by atoms with van der Waals surface area (Å²) in [6.45, 7) is 3.14. The molecule has 2 aromatic rings. The van der Waals surface area contributed by atoms with Crippen LogP contribution < -0.4 is 15.8 Å². The molecule has 1 amide bonds. The maximum Gasteiger partial charge on any atom is 0.251 e. The summed E-state index contributed by atoms with van der Waals surface area (Å²) in [5, 5.41) is 2.88. The van der Waals surface area contributed by atoms with Gasteiger partial charge in [0.15, 0.2) is 0 Å². The van der Waals surface area contributed by atoms with Gasteiger partial charge in [-0.15, -0.1) is 0 Å². The van der Waals surface area contributed by atoms with Gasteiger partial charge in [-0.25, -0.2) is 0 Å². The number of carbonyl (C=O) groups excluding carboxylic acids is 1. The highest BCUT2D eigenvalue weighted by Gasteiger charge is 2.06. The lowest BCUT2D eigenvalue weighted by molar-refractivity contribution is 0.0950. The molecule has 0 fully saturated rings. The van der Waals surface area contributed by atoms with Crippen LogP contribution >= 0.6 is 0 Å². The highest BCUT2D eigenvalue weighted by Crippen LogP contribution is 2.14. The number of amides is 1. The van der Waals surface area contributed by atoms with Gasteiger partial charge in [-0.3, -0.25) is 4.79 Å². The standard InChI is InChI=1S/C17H20N2O2/c1-2-9-21-16-8-4-6-14(11-16)17(20)19-12-13-5-3-7-15(18)10-13/h3-8,10-11H,2,9,12,18H2,1H3,(H,19,20). The molecule has 4 nitrogen and oxygen atoms in total. The molecule has 0 radical (unpaired) electrons. The normalized spacial score (nSPS) is 10.1. The van der Waals surface area contributed by atoms with Gasteiger partial charge in [0.1, 0.15) is 5.75 Å². The topological polar surface area (TPSA) is 64.3 Å². The Kier molecular flexibility index (Phi) is 5.21. The van der Waals surface area contributed by atoms with Crippen LogP contribution in [0.15, 0.2) is 48.5 Å². The Morgan fingerprint density at radius 1 is 1.19 bits per heavy atom. The number of nitrogens with two attached hydrogens (primary N) is 1. The maximum atomic E-state index is 12.1. The number of benzene rings is 2. The summed E-state index contributed by atoms with van der Waals surface area (Å²) in [6.07, 6.45) is 0.936. The monoisotopic (exact) mass is 284 g/mol. The molecule has 0 unspecified atom stereocenters. The van der Waals surface area contributed by atoms with Gasteiger partial charge in [0.05, 0.1) is 6.61 Å². The number of hydrogen-bond acceptors (Lipinski definition) is 3. The molecule has 0 saturated heterocycles. The van der Waals surface area contributed by atoms with E-state index in [1.165, 1.54) is 0 Å². The predicted octanol–water partition coefficient (Wildman–Crippen LogP) is 2.99. The summed E-state index contributed by atoms with van der Waals surface area (Å²) in [4.78, 5) is 12.1. The zero-order chi connectivity index (χ0) is 15.1. The summed E-state index contributed by atoms with van der Waals surface area (Å²) in [6, 6.07) is 14.7. The number of nitrogens with one attached hydrogen (secondary N) is 1. The Bertz CT molecular complexity index is 611. The Balaban J connectivity index is 1.96. The third kappa shape index (κ3) is 4.53. The lowest BCUT2D eigenvalue weighted by atomic mass is 10.1. The highest BCUT2D eigenvalue weighted by atomic mass is 16.5. The molecule has 0 heterocycles. The molecule has 0 atom stereocenters. The van der Waals surface area contributed by atoms with E-state index in [-0.39, 0.29) is 5.91 Å². The molecule has 2 rings (SSSR count). The van der Waals surface area contributed by atoms with Crippen LogP contribution in [0.3, 0.4) is 0 Å². The lowest BCUT2D eigenvalue weighted by Gasteiger charge is -2.08. The van der Waals surface area contributed by atoms with Crippen molar-refractivity contribution in [3.8, 4) is 5.75 Å². The molecular weight excluding hydrogens is 264 g/mol. The zero-order valence-electron chi connectivity index (χ0n) is 12.1. The minimum absolute atomic E-state index is 0.126. The van der Waals surface area contributed by atoms with E-state index < -0.39 is 0 Å². The third-order valence-corrected chi connectivity index (χ3v) is 2.97. The quantitative estimate of drug-likeness (QED) is 0.801. The third-order valence-electron chi connectivity index (χ3n) is 2.97. The van der Waals surface area contributed by atoms with Gasteiger partial charge in [-0.05, 0) is 42.3 Å². The molecule has 0 saturated carbocycles. The van der Waals surface area contributed by atoms with Crippen LogP contribution in [0, 0.1) is 0 Å². The SMILES string of the molecule is CCCOc1cccc(C(=O)NCc2cccc(N)c2)c1. The van der Waals surface area contributed by atoms with E-state index in [4.69, 9.17) is 10.5 Å². The first kappa shape index (κ1) is 14.9. The van der Waals surface area contributed by atoms with Crippen molar-refractivity contribution < 1.29 is 9.53 Å². The summed E-state index contributed by atoms with van der Waals surface area (Å²) < 4.78 is 5.53. The summed E-state index contributed by atoms with van der Waals surface area (Å²) in [5.74, 6) is 0.591. The van der Waals surface area contributed by atoms with Crippen LogP contribution in [0.1, 0.15) is 29.3 Å². The van der Waals surface area contributed by atoms with Crippen LogP contribution in [0.4, 0.5) is 5.69 Å². The van der Waals surface area contributed by atoms with Crippen molar-refractivity contribution >= 4 is 11.6 Å². The molecule has 0 aliphatic rings. The zero-order valence-corrected chi connectivity index (χ0v) is 12.1. The van der Waals surface area contributed by atoms with Crippen molar-refractivity contribution in [2.45, 2.75) is 19.9 Å². The second-order valence-electron chi connectivity index (χ2n) is 4.80. The number of anilines is 1. The summed E-state index contributed by atoms with van der Waals surface area (Å²) >= 11 is 0. The number of hydrogen-bond donors (Lipinski definition) is 2. The van der Waals surface area contributed by atoms with Crippen LogP contribution in [-0.2, 0) is 6.54 Å². The van der Waals surface area contributed by atoms with Crippen LogP contribution in [-0.4, -0.2) is 12.5 Å². The van der Waals surface area contributed by atoms with Gasteiger partial charge in [0.25, 0.3) is 5.91 Å². The molecule has 3 N–H and O–H groups in total. The molecule has 2 aromatic carbocycles. The van der Waals surface area contributed by atoms with Crippen molar-refractivity contribution in [3.05, 3.63) is 59.7 Å². The van der Waals surface area contributed by atoms with Crippen molar-refractivity contribution in [1.29, 1.82) is 0 Å². The van der Waals surface area contributed by atoms with E-state index in [1.54, 1.807) is 12.1 Å².